The van der Waals surface area contributed by atoms with Crippen LogP contribution in [0.2, 0.25) is 0 Å². The molecular weight excluding hydrogens is 304 g/mol. The van der Waals surface area contributed by atoms with Gasteiger partial charge in [-0.3, -0.25) is 0 Å². The van der Waals surface area contributed by atoms with E-state index in [-0.39, 0.29) is 0 Å². The Morgan fingerprint density at radius 1 is 0.955 bits per heavy atom. The summed E-state index contributed by atoms with van der Waals surface area (Å²) in [6.07, 6.45) is 0. The van der Waals surface area contributed by atoms with Crippen LogP contribution in [-0.2, 0) is 0 Å². The molecule has 22 heavy (non-hydrogen) atoms. The normalized spacial score (nSPS) is 10.9. The molecule has 0 fully saturated rings. The van der Waals surface area contributed by atoms with E-state index >= 15 is 0 Å². The van der Waals surface area contributed by atoms with Gasteiger partial charge >= 0.3 is 5.76 Å². The van der Waals surface area contributed by atoms with Crippen molar-refractivity contribution in [2.45, 2.75) is 0 Å². The van der Waals surface area contributed by atoms with Gasteiger partial charge in [0.2, 0.25) is 0 Å². The minimum absolute atomic E-state index is 0.404. The first-order chi connectivity index (χ1) is 10.5. The monoisotopic (exact) mass is 310 g/mol. The number of hydrogen-bond acceptors (Lipinski definition) is 3. The van der Waals surface area contributed by atoms with Gasteiger partial charge in [-0.2, -0.15) is 4.68 Å². The molecule has 3 aromatic rings. The van der Waals surface area contributed by atoms with Crippen molar-refractivity contribution in [2.24, 2.45) is 0 Å². The summed E-state index contributed by atoms with van der Waals surface area (Å²) >= 11 is 0. The lowest BCUT2D eigenvalue weighted by Gasteiger charge is -2.00. The van der Waals surface area contributed by atoms with Gasteiger partial charge in [0.05, 0.1) is 0 Å². The number of nitrogens with zero attached hydrogens (tertiary/aromatic N) is 2. The molecule has 4 nitrogen and oxygen atoms in total. The largest absolute Gasteiger partial charge is 0.442 e. The quantitative estimate of drug-likeness (QED) is 0.684. The van der Waals surface area contributed by atoms with Gasteiger partial charge in [0.1, 0.15) is 28.7 Å². The number of rotatable bonds is 2. The smallest absolute Gasteiger partial charge is 0.387 e. The topological polar surface area (TPSA) is 48.0 Å². The zero-order valence-electron chi connectivity index (χ0n) is 10.7. The van der Waals surface area contributed by atoms with Gasteiger partial charge in [0.25, 0.3) is 5.89 Å². The molecule has 112 valence electrons. The van der Waals surface area contributed by atoms with Crippen LogP contribution in [0, 0.1) is 23.3 Å². The average molecular weight is 310 g/mol. The maximum absolute atomic E-state index is 13.7. The zero-order valence-corrected chi connectivity index (χ0v) is 10.7. The Morgan fingerprint density at radius 2 is 1.64 bits per heavy atom. The SMILES string of the molecule is O=c1oc(-c2c(F)cccc2F)nn1-c1ccc(F)cc1F. The Balaban J connectivity index is 2.18. The third-order valence-electron chi connectivity index (χ3n) is 2.86. The highest BCUT2D eigenvalue weighted by Crippen LogP contribution is 2.24. The van der Waals surface area contributed by atoms with E-state index in [1.54, 1.807) is 0 Å². The predicted molar refractivity (Wildman–Crippen MR) is 67.4 cm³/mol. The molecule has 0 radical (unpaired) electrons. The summed E-state index contributed by atoms with van der Waals surface area (Å²) in [5, 5.41) is 3.56. The van der Waals surface area contributed by atoms with E-state index < -0.39 is 46.2 Å². The molecule has 0 saturated carbocycles. The predicted octanol–water partition coefficient (Wildman–Crippen LogP) is 3.05. The van der Waals surface area contributed by atoms with Gasteiger partial charge in [-0.15, -0.1) is 5.10 Å². The van der Waals surface area contributed by atoms with Crippen molar-refractivity contribution in [2.75, 3.05) is 0 Å². The lowest BCUT2D eigenvalue weighted by molar-refractivity contribution is 0.499. The highest BCUT2D eigenvalue weighted by Gasteiger charge is 2.20. The van der Waals surface area contributed by atoms with Crippen molar-refractivity contribution >= 4 is 0 Å². The molecule has 0 aliphatic carbocycles. The Kier molecular flexibility index (Phi) is 3.28. The van der Waals surface area contributed by atoms with Crippen molar-refractivity contribution in [3.8, 4) is 17.1 Å². The number of benzene rings is 2. The van der Waals surface area contributed by atoms with Crippen LogP contribution >= 0.6 is 0 Å². The number of halogens is 4. The minimum Gasteiger partial charge on any atom is -0.387 e. The Labute approximate surface area is 120 Å². The van der Waals surface area contributed by atoms with E-state index in [4.69, 9.17) is 0 Å². The molecule has 8 heteroatoms. The first-order valence-electron chi connectivity index (χ1n) is 5.97. The van der Waals surface area contributed by atoms with E-state index in [0.29, 0.717) is 10.7 Å². The van der Waals surface area contributed by atoms with Gasteiger partial charge in [-0.05, 0) is 24.3 Å². The fourth-order valence-corrected chi connectivity index (χ4v) is 1.89. The van der Waals surface area contributed by atoms with E-state index in [0.717, 1.165) is 30.3 Å². The van der Waals surface area contributed by atoms with Crippen molar-refractivity contribution < 1.29 is 22.0 Å². The summed E-state index contributed by atoms with van der Waals surface area (Å²) < 4.78 is 58.9. The molecule has 0 unspecified atom stereocenters. The van der Waals surface area contributed by atoms with Crippen LogP contribution in [0.25, 0.3) is 17.1 Å². The highest BCUT2D eigenvalue weighted by atomic mass is 19.1. The second-order valence-corrected chi connectivity index (χ2v) is 4.28. The summed E-state index contributed by atoms with van der Waals surface area (Å²) in [7, 11) is 0. The lowest BCUT2D eigenvalue weighted by atomic mass is 10.2. The van der Waals surface area contributed by atoms with Crippen LogP contribution in [0.3, 0.4) is 0 Å². The van der Waals surface area contributed by atoms with Crippen LogP contribution in [0.5, 0.6) is 0 Å². The van der Waals surface area contributed by atoms with E-state index in [2.05, 4.69) is 9.52 Å². The standard InChI is InChI=1S/C14H6F4N2O2/c15-7-4-5-11(10(18)6-7)20-14(21)22-13(19-20)12-8(16)2-1-3-9(12)17/h1-6H. The third-order valence-corrected chi connectivity index (χ3v) is 2.86. The van der Waals surface area contributed by atoms with Gasteiger partial charge in [0, 0.05) is 6.07 Å². The average Bonchev–Trinajstić information content (AvgIpc) is 2.80. The van der Waals surface area contributed by atoms with E-state index in [1.165, 1.54) is 0 Å². The molecule has 1 aromatic heterocycles. The van der Waals surface area contributed by atoms with Crippen molar-refractivity contribution in [1.82, 2.24) is 9.78 Å². The summed E-state index contributed by atoms with van der Waals surface area (Å²) in [4.78, 5) is 11.7. The number of aromatic nitrogens is 2. The molecule has 1 heterocycles. The summed E-state index contributed by atoms with van der Waals surface area (Å²) in [5.74, 6) is -5.72. The second-order valence-electron chi connectivity index (χ2n) is 4.28. The fourth-order valence-electron chi connectivity index (χ4n) is 1.89. The first kappa shape index (κ1) is 14.1. The minimum atomic E-state index is -1.16. The maximum Gasteiger partial charge on any atom is 0.442 e. The molecule has 0 bridgehead atoms. The van der Waals surface area contributed by atoms with Crippen molar-refractivity contribution in [3.63, 3.8) is 0 Å². The fraction of sp³-hybridized carbons (Fsp3) is 0. The second kappa shape index (κ2) is 5.14. The molecule has 0 amide bonds. The van der Waals surface area contributed by atoms with Crippen molar-refractivity contribution in [3.05, 3.63) is 70.2 Å². The van der Waals surface area contributed by atoms with Gasteiger partial charge in [-0.1, -0.05) is 6.07 Å². The molecule has 2 aromatic carbocycles. The summed E-state index contributed by atoms with van der Waals surface area (Å²) in [6, 6.07) is 5.44. The molecular formula is C14H6F4N2O2. The van der Waals surface area contributed by atoms with Crippen LogP contribution in [0.15, 0.2) is 45.6 Å². The number of hydrogen-bond donors (Lipinski definition) is 0. The Morgan fingerprint density at radius 3 is 2.27 bits per heavy atom. The molecule has 0 saturated heterocycles. The third kappa shape index (κ3) is 2.28. The molecule has 0 spiro atoms. The van der Waals surface area contributed by atoms with Gasteiger partial charge in [-0.25, -0.2) is 22.4 Å². The summed E-state index contributed by atoms with van der Waals surface area (Å²) in [6.45, 7) is 0. The van der Waals surface area contributed by atoms with Gasteiger partial charge < -0.3 is 4.42 Å². The Hall–Kier alpha value is -2.90. The maximum atomic E-state index is 13.7. The van der Waals surface area contributed by atoms with Crippen molar-refractivity contribution in [1.29, 1.82) is 0 Å². The lowest BCUT2D eigenvalue weighted by Crippen LogP contribution is -2.15. The van der Waals surface area contributed by atoms with E-state index in [9.17, 15) is 22.4 Å². The highest BCUT2D eigenvalue weighted by molar-refractivity contribution is 5.54. The van der Waals surface area contributed by atoms with E-state index in [1.807, 2.05) is 0 Å². The first-order valence-corrected chi connectivity index (χ1v) is 5.97. The van der Waals surface area contributed by atoms with Gasteiger partial charge in [0.15, 0.2) is 5.82 Å². The zero-order chi connectivity index (χ0) is 15.9. The molecule has 0 aliphatic rings. The summed E-state index contributed by atoms with van der Waals surface area (Å²) in [5.41, 5.74) is -1.06. The molecule has 0 aliphatic heterocycles. The van der Waals surface area contributed by atoms with Crippen LogP contribution < -0.4 is 5.76 Å². The van der Waals surface area contributed by atoms with Crippen LogP contribution in [0.1, 0.15) is 0 Å². The van der Waals surface area contributed by atoms with Crippen LogP contribution in [-0.4, -0.2) is 9.78 Å². The molecule has 3 rings (SSSR count). The molecule has 0 atom stereocenters. The Bertz CT molecular complexity index is 897. The van der Waals surface area contributed by atoms with Crippen LogP contribution in [0.4, 0.5) is 17.6 Å². The molecule has 0 N–H and O–H groups in total.